The maximum atomic E-state index is 11.8. The van der Waals surface area contributed by atoms with E-state index in [0.29, 0.717) is 12.2 Å². The van der Waals surface area contributed by atoms with E-state index in [-0.39, 0.29) is 46.0 Å². The summed E-state index contributed by atoms with van der Waals surface area (Å²) >= 11 is 0. The molecule has 0 atom stereocenters. The standard InChI is InChI=1S/C24H34O5S.Na/c1-2-3-4-5-6-7-8-9-10-11-14-20-19-21(25)17-18-22(20)29-23-15-12-13-16-24(23)30(26,27)28;/h12-13,15-19,25H,2-11,14H2,1H3,(H,26,27,28);/q;+1/p-1. The van der Waals surface area contributed by atoms with Crippen LogP contribution in [-0.4, -0.2) is 13.0 Å². The molecule has 0 saturated heterocycles. The molecule has 1 N–H and O–H groups in total. The molecule has 0 amide bonds. The van der Waals surface area contributed by atoms with Crippen LogP contribution in [0.15, 0.2) is 47.4 Å². The molecule has 2 rings (SSSR count). The minimum atomic E-state index is -4.40. The molecule has 2 aromatic carbocycles. The van der Waals surface area contributed by atoms with E-state index in [1.54, 1.807) is 18.2 Å². The summed E-state index contributed by atoms with van der Waals surface area (Å²) in [6.07, 6.45) is 13.0. The Morgan fingerprint density at radius 3 is 2.03 bits per heavy atom. The topological polar surface area (TPSA) is 86.7 Å². The molecule has 0 aliphatic heterocycles. The second kappa shape index (κ2) is 14.9. The van der Waals surface area contributed by atoms with E-state index >= 15 is 0 Å². The molecule has 2 aromatic rings. The Morgan fingerprint density at radius 1 is 0.839 bits per heavy atom. The minimum Gasteiger partial charge on any atom is -0.872 e. The minimum absolute atomic E-state index is 0. The Bertz CT molecular complexity index is 883. The first-order valence-electron chi connectivity index (χ1n) is 11.0. The van der Waals surface area contributed by atoms with Gasteiger partial charge in [-0.1, -0.05) is 89.0 Å². The van der Waals surface area contributed by atoms with Crippen LogP contribution in [0, 0.1) is 0 Å². The van der Waals surface area contributed by atoms with Gasteiger partial charge in [-0.3, -0.25) is 4.55 Å². The maximum absolute atomic E-state index is 11.8. The van der Waals surface area contributed by atoms with E-state index in [1.807, 2.05) is 0 Å². The number of ether oxygens (including phenoxy) is 1. The summed E-state index contributed by atoms with van der Waals surface area (Å²) in [5, 5.41) is 11.8. The fourth-order valence-electron chi connectivity index (χ4n) is 3.52. The number of unbranched alkanes of at least 4 members (excludes halogenated alkanes) is 9. The van der Waals surface area contributed by atoms with Crippen molar-refractivity contribution in [1.29, 1.82) is 0 Å². The molecule has 0 radical (unpaired) electrons. The average Bonchev–Trinajstić information content (AvgIpc) is 2.71. The average molecular weight is 457 g/mol. The van der Waals surface area contributed by atoms with Crippen LogP contribution >= 0.6 is 0 Å². The van der Waals surface area contributed by atoms with Crippen LogP contribution in [0.1, 0.15) is 76.7 Å². The van der Waals surface area contributed by atoms with E-state index < -0.39 is 10.1 Å². The van der Waals surface area contributed by atoms with E-state index in [1.165, 1.54) is 75.6 Å². The predicted octanol–water partition coefficient (Wildman–Crippen LogP) is 3.27. The van der Waals surface area contributed by atoms with Crippen LogP contribution < -0.4 is 39.4 Å². The molecule has 5 nitrogen and oxygen atoms in total. The molecule has 31 heavy (non-hydrogen) atoms. The summed E-state index contributed by atoms with van der Waals surface area (Å²) in [5.41, 5.74) is 0.757. The van der Waals surface area contributed by atoms with Crippen molar-refractivity contribution in [3.05, 3.63) is 48.0 Å². The number of hydrogen-bond acceptors (Lipinski definition) is 4. The zero-order valence-electron chi connectivity index (χ0n) is 18.8. The number of rotatable bonds is 14. The Balaban J connectivity index is 0.00000480. The SMILES string of the molecule is CCCCCCCCCCCCc1cc([O-])ccc1Oc1ccccc1S(=O)(=O)O.[Na+]. The van der Waals surface area contributed by atoms with Gasteiger partial charge in [0.25, 0.3) is 10.1 Å². The Kier molecular flexibility index (Phi) is 13.5. The zero-order valence-corrected chi connectivity index (χ0v) is 21.6. The van der Waals surface area contributed by atoms with Crippen LogP contribution in [-0.2, 0) is 16.5 Å². The molecule has 0 unspecified atom stereocenters. The normalized spacial score (nSPS) is 11.2. The zero-order chi connectivity index (χ0) is 21.8. The summed E-state index contributed by atoms with van der Waals surface area (Å²) in [4.78, 5) is -0.291. The molecule has 7 heteroatoms. The van der Waals surface area contributed by atoms with Gasteiger partial charge in [-0.15, -0.1) is 5.75 Å². The summed E-state index contributed by atoms with van der Waals surface area (Å²) < 4.78 is 38.4. The number of para-hydroxylation sites is 1. The Morgan fingerprint density at radius 2 is 1.42 bits per heavy atom. The van der Waals surface area contributed by atoms with E-state index in [0.717, 1.165) is 18.4 Å². The van der Waals surface area contributed by atoms with Crippen molar-refractivity contribution in [3.63, 3.8) is 0 Å². The third-order valence-electron chi connectivity index (χ3n) is 5.18. The molecule has 0 saturated carbocycles. The molecule has 166 valence electrons. The van der Waals surface area contributed by atoms with Gasteiger partial charge in [0.15, 0.2) is 0 Å². The first kappa shape index (κ1) is 28.0. The number of hydrogen-bond donors (Lipinski definition) is 1. The van der Waals surface area contributed by atoms with Gasteiger partial charge in [0.2, 0.25) is 0 Å². The summed E-state index contributed by atoms with van der Waals surface area (Å²) in [5.74, 6) is 0.386. The van der Waals surface area contributed by atoms with E-state index in [9.17, 15) is 18.1 Å². The van der Waals surface area contributed by atoms with Gasteiger partial charge in [0.1, 0.15) is 16.4 Å². The van der Waals surface area contributed by atoms with Gasteiger partial charge in [0, 0.05) is 0 Å². The third-order valence-corrected chi connectivity index (χ3v) is 6.07. The van der Waals surface area contributed by atoms with Crippen molar-refractivity contribution in [3.8, 4) is 17.2 Å². The van der Waals surface area contributed by atoms with Crippen LogP contribution in [0.2, 0.25) is 0 Å². The summed E-state index contributed by atoms with van der Waals surface area (Å²) in [6, 6.07) is 10.4. The molecule has 0 aliphatic carbocycles. The van der Waals surface area contributed by atoms with Gasteiger partial charge < -0.3 is 9.84 Å². The number of aryl methyl sites for hydroxylation is 1. The van der Waals surface area contributed by atoms with Gasteiger partial charge in [-0.2, -0.15) is 8.42 Å². The third kappa shape index (κ3) is 10.4. The van der Waals surface area contributed by atoms with Crippen LogP contribution in [0.25, 0.3) is 0 Å². The van der Waals surface area contributed by atoms with Crippen molar-refractivity contribution in [2.75, 3.05) is 0 Å². The second-order valence-electron chi connectivity index (χ2n) is 7.73. The van der Waals surface area contributed by atoms with Crippen molar-refractivity contribution in [2.45, 2.75) is 82.4 Å². The Labute approximate surface area is 209 Å². The quantitative estimate of drug-likeness (QED) is 0.268. The van der Waals surface area contributed by atoms with Crippen molar-refractivity contribution in [1.82, 2.24) is 0 Å². The maximum Gasteiger partial charge on any atom is 1.00 e. The van der Waals surface area contributed by atoms with Crippen LogP contribution in [0.4, 0.5) is 0 Å². The fourth-order valence-corrected chi connectivity index (χ4v) is 4.13. The largest absolute Gasteiger partial charge is 1.00 e. The second-order valence-corrected chi connectivity index (χ2v) is 9.12. The molecule has 0 fully saturated rings. The molecular formula is C24H33NaO5S. The van der Waals surface area contributed by atoms with Gasteiger partial charge in [-0.25, -0.2) is 0 Å². The molecule has 0 aliphatic rings. The van der Waals surface area contributed by atoms with Crippen LogP contribution in [0.3, 0.4) is 0 Å². The van der Waals surface area contributed by atoms with E-state index in [4.69, 9.17) is 4.74 Å². The molecule has 0 heterocycles. The van der Waals surface area contributed by atoms with Crippen molar-refractivity contribution >= 4 is 10.1 Å². The van der Waals surface area contributed by atoms with Gasteiger partial charge >= 0.3 is 29.6 Å². The van der Waals surface area contributed by atoms with Gasteiger partial charge in [0.05, 0.1) is 0 Å². The fraction of sp³-hybridized carbons (Fsp3) is 0.500. The molecule has 0 aromatic heterocycles. The molecule has 0 bridgehead atoms. The van der Waals surface area contributed by atoms with Crippen molar-refractivity contribution < 1.29 is 52.4 Å². The van der Waals surface area contributed by atoms with Crippen LogP contribution in [0.5, 0.6) is 17.2 Å². The smallest absolute Gasteiger partial charge is 0.872 e. The monoisotopic (exact) mass is 456 g/mol. The predicted molar refractivity (Wildman–Crippen MR) is 118 cm³/mol. The first-order chi connectivity index (χ1) is 14.4. The molecule has 0 spiro atoms. The number of benzene rings is 2. The van der Waals surface area contributed by atoms with E-state index in [2.05, 4.69) is 6.92 Å². The van der Waals surface area contributed by atoms with Crippen molar-refractivity contribution in [2.24, 2.45) is 0 Å². The molecular weight excluding hydrogens is 423 g/mol. The summed E-state index contributed by atoms with van der Waals surface area (Å²) in [6.45, 7) is 2.23. The first-order valence-corrected chi connectivity index (χ1v) is 12.4. The summed E-state index contributed by atoms with van der Waals surface area (Å²) in [7, 11) is -4.40. The van der Waals surface area contributed by atoms with Gasteiger partial charge in [-0.05, 0) is 36.6 Å². The Hall–Kier alpha value is -1.05.